The molecule has 1 aromatic rings. The molecule has 2 rings (SSSR count). The molecule has 1 aromatic carbocycles. The van der Waals surface area contributed by atoms with Crippen molar-refractivity contribution in [2.24, 2.45) is 0 Å². The molecule has 104 valence electrons. The summed E-state index contributed by atoms with van der Waals surface area (Å²) >= 11 is 12.1. The summed E-state index contributed by atoms with van der Waals surface area (Å²) in [6.07, 6.45) is -0.232. The van der Waals surface area contributed by atoms with Crippen molar-refractivity contribution in [2.45, 2.75) is 19.1 Å². The average Bonchev–Trinajstić information content (AvgIpc) is 2.33. The van der Waals surface area contributed by atoms with E-state index in [4.69, 9.17) is 33.0 Å². The van der Waals surface area contributed by atoms with E-state index in [-0.39, 0.29) is 12.5 Å². The number of benzene rings is 1. The van der Waals surface area contributed by atoms with Crippen molar-refractivity contribution in [3.05, 3.63) is 33.8 Å². The molecule has 0 spiro atoms. The fourth-order valence-corrected chi connectivity index (χ4v) is 2.52. The number of halogens is 2. The van der Waals surface area contributed by atoms with Gasteiger partial charge in [0.2, 0.25) is 0 Å². The molecular weight excluding hydrogens is 289 g/mol. The summed E-state index contributed by atoms with van der Waals surface area (Å²) in [4.78, 5) is 12.8. The fraction of sp³-hybridized carbons (Fsp3) is 0.462. The smallest absolute Gasteiger partial charge is 0.306 e. The lowest BCUT2D eigenvalue weighted by molar-refractivity contribution is -0.142. The van der Waals surface area contributed by atoms with Crippen LogP contribution >= 0.6 is 23.2 Å². The van der Waals surface area contributed by atoms with Crippen LogP contribution in [0.4, 0.5) is 0 Å². The van der Waals surface area contributed by atoms with Crippen molar-refractivity contribution in [2.75, 3.05) is 19.7 Å². The van der Waals surface area contributed by atoms with Gasteiger partial charge in [-0.2, -0.15) is 0 Å². The van der Waals surface area contributed by atoms with E-state index in [9.17, 15) is 4.79 Å². The summed E-state index contributed by atoms with van der Waals surface area (Å²) in [6, 6.07) is 5.36. The number of carboxylic acids is 1. The Kier molecular flexibility index (Phi) is 5.05. The van der Waals surface area contributed by atoms with Crippen molar-refractivity contribution in [1.29, 1.82) is 0 Å². The van der Waals surface area contributed by atoms with Gasteiger partial charge in [0, 0.05) is 29.7 Å². The van der Waals surface area contributed by atoms with Crippen LogP contribution in [0.3, 0.4) is 0 Å². The highest BCUT2D eigenvalue weighted by Gasteiger charge is 2.23. The largest absolute Gasteiger partial charge is 0.481 e. The van der Waals surface area contributed by atoms with Crippen LogP contribution in [-0.2, 0) is 16.1 Å². The van der Waals surface area contributed by atoms with Crippen molar-refractivity contribution < 1.29 is 14.6 Å². The summed E-state index contributed by atoms with van der Waals surface area (Å²) < 4.78 is 5.43. The quantitative estimate of drug-likeness (QED) is 0.929. The second-order valence-electron chi connectivity index (χ2n) is 4.56. The Morgan fingerprint density at radius 2 is 2.26 bits per heavy atom. The minimum Gasteiger partial charge on any atom is -0.481 e. The lowest BCUT2D eigenvalue weighted by Gasteiger charge is -2.32. The van der Waals surface area contributed by atoms with Gasteiger partial charge in [-0.3, -0.25) is 9.69 Å². The molecule has 1 saturated heterocycles. The number of morpholine rings is 1. The van der Waals surface area contributed by atoms with Crippen LogP contribution in [0.2, 0.25) is 10.0 Å². The van der Waals surface area contributed by atoms with Crippen LogP contribution in [-0.4, -0.2) is 41.8 Å². The summed E-state index contributed by atoms with van der Waals surface area (Å²) in [7, 11) is 0. The number of ether oxygens (including phenoxy) is 1. The zero-order valence-corrected chi connectivity index (χ0v) is 11.8. The van der Waals surface area contributed by atoms with Crippen LogP contribution in [0.1, 0.15) is 12.0 Å². The number of carbonyl (C=O) groups is 1. The molecule has 1 aliphatic rings. The molecule has 0 aromatic heterocycles. The third-order valence-electron chi connectivity index (χ3n) is 3.03. The van der Waals surface area contributed by atoms with Crippen LogP contribution in [0.15, 0.2) is 18.2 Å². The van der Waals surface area contributed by atoms with Gasteiger partial charge < -0.3 is 9.84 Å². The van der Waals surface area contributed by atoms with Crippen molar-refractivity contribution in [3.8, 4) is 0 Å². The third-order valence-corrected chi connectivity index (χ3v) is 3.63. The molecule has 1 unspecified atom stereocenters. The minimum absolute atomic E-state index is 0.0276. The van der Waals surface area contributed by atoms with Crippen LogP contribution in [0.5, 0.6) is 0 Å². The first-order valence-electron chi connectivity index (χ1n) is 6.04. The predicted molar refractivity (Wildman–Crippen MR) is 73.7 cm³/mol. The first-order chi connectivity index (χ1) is 9.04. The predicted octanol–water partition coefficient (Wildman–Crippen LogP) is 2.67. The second kappa shape index (κ2) is 6.57. The zero-order chi connectivity index (χ0) is 13.8. The van der Waals surface area contributed by atoms with Crippen LogP contribution in [0, 0.1) is 0 Å². The highest BCUT2D eigenvalue weighted by atomic mass is 35.5. The molecule has 6 heteroatoms. The molecule has 1 N–H and O–H groups in total. The van der Waals surface area contributed by atoms with E-state index in [0.29, 0.717) is 29.7 Å². The topological polar surface area (TPSA) is 49.8 Å². The number of aliphatic carboxylic acids is 1. The lowest BCUT2D eigenvalue weighted by atomic mass is 10.1. The maximum atomic E-state index is 10.7. The lowest BCUT2D eigenvalue weighted by Crippen LogP contribution is -2.42. The van der Waals surface area contributed by atoms with Gasteiger partial charge in [-0.05, 0) is 23.8 Å². The zero-order valence-electron chi connectivity index (χ0n) is 10.3. The number of hydrogen-bond donors (Lipinski definition) is 1. The summed E-state index contributed by atoms with van der Waals surface area (Å²) in [5.41, 5.74) is 0.949. The highest BCUT2D eigenvalue weighted by Crippen LogP contribution is 2.23. The Balaban J connectivity index is 1.98. The third kappa shape index (κ3) is 4.35. The normalized spacial score (nSPS) is 20.4. The van der Waals surface area contributed by atoms with E-state index in [1.165, 1.54) is 0 Å². The van der Waals surface area contributed by atoms with Gasteiger partial charge in [0.1, 0.15) is 0 Å². The Bertz CT molecular complexity index is 467. The van der Waals surface area contributed by atoms with Crippen LogP contribution in [0.25, 0.3) is 0 Å². The van der Waals surface area contributed by atoms with Gasteiger partial charge in [0.05, 0.1) is 19.1 Å². The van der Waals surface area contributed by atoms with E-state index in [1.54, 1.807) is 12.1 Å². The van der Waals surface area contributed by atoms with E-state index >= 15 is 0 Å². The monoisotopic (exact) mass is 303 g/mol. The van der Waals surface area contributed by atoms with E-state index in [2.05, 4.69) is 4.90 Å². The Labute approximate surface area is 121 Å². The molecular formula is C13H15Cl2NO3. The van der Waals surface area contributed by atoms with Crippen LogP contribution < -0.4 is 0 Å². The van der Waals surface area contributed by atoms with Gasteiger partial charge >= 0.3 is 5.97 Å². The standard InChI is InChI=1S/C13H15Cl2NO3/c14-10-1-2-12(15)9(5-10)7-16-3-4-19-11(8-16)6-13(17)18/h1-2,5,11H,3-4,6-8H2,(H,17,18). The molecule has 1 fully saturated rings. The second-order valence-corrected chi connectivity index (χ2v) is 5.41. The van der Waals surface area contributed by atoms with Crippen molar-refractivity contribution in [3.63, 3.8) is 0 Å². The van der Waals surface area contributed by atoms with Gasteiger partial charge in [-0.1, -0.05) is 23.2 Å². The number of nitrogens with zero attached hydrogens (tertiary/aromatic N) is 1. The fourth-order valence-electron chi connectivity index (χ4n) is 2.15. The molecule has 0 saturated carbocycles. The summed E-state index contributed by atoms with van der Waals surface area (Å²) in [5, 5.41) is 10.1. The summed E-state index contributed by atoms with van der Waals surface area (Å²) in [6.45, 7) is 2.54. The van der Waals surface area contributed by atoms with Gasteiger partial charge in [-0.25, -0.2) is 0 Å². The average molecular weight is 304 g/mol. The minimum atomic E-state index is -0.840. The first kappa shape index (κ1) is 14.6. The highest BCUT2D eigenvalue weighted by molar-refractivity contribution is 6.33. The SMILES string of the molecule is O=C(O)CC1CN(Cc2cc(Cl)ccc2Cl)CCO1. The molecule has 0 amide bonds. The molecule has 1 heterocycles. The molecule has 19 heavy (non-hydrogen) atoms. The molecule has 1 atom stereocenters. The van der Waals surface area contributed by atoms with Crippen molar-refractivity contribution in [1.82, 2.24) is 4.90 Å². The molecule has 0 bridgehead atoms. The van der Waals surface area contributed by atoms with E-state index in [1.807, 2.05) is 6.07 Å². The Morgan fingerprint density at radius 3 is 3.00 bits per heavy atom. The van der Waals surface area contributed by atoms with E-state index < -0.39 is 5.97 Å². The summed E-state index contributed by atoms with van der Waals surface area (Å²) in [5.74, 6) is -0.840. The molecule has 4 nitrogen and oxygen atoms in total. The van der Waals surface area contributed by atoms with Crippen molar-refractivity contribution >= 4 is 29.2 Å². The van der Waals surface area contributed by atoms with Gasteiger partial charge in [0.15, 0.2) is 0 Å². The van der Waals surface area contributed by atoms with E-state index in [0.717, 1.165) is 12.1 Å². The molecule has 0 radical (unpaired) electrons. The van der Waals surface area contributed by atoms with Gasteiger partial charge in [-0.15, -0.1) is 0 Å². The molecule has 1 aliphatic heterocycles. The number of carboxylic acid groups (broad SMARTS) is 1. The first-order valence-corrected chi connectivity index (χ1v) is 6.80. The number of hydrogen-bond acceptors (Lipinski definition) is 3. The molecule has 0 aliphatic carbocycles. The maximum Gasteiger partial charge on any atom is 0.306 e. The van der Waals surface area contributed by atoms with Gasteiger partial charge in [0.25, 0.3) is 0 Å². The maximum absolute atomic E-state index is 10.7. The Morgan fingerprint density at radius 1 is 1.47 bits per heavy atom. The number of rotatable bonds is 4. The Hall–Kier alpha value is -0.810.